The summed E-state index contributed by atoms with van der Waals surface area (Å²) in [6.07, 6.45) is 2.34. The highest BCUT2D eigenvalue weighted by molar-refractivity contribution is 5.78. The average Bonchev–Trinajstić information content (AvgIpc) is 3.48. The van der Waals surface area contributed by atoms with Crippen molar-refractivity contribution in [1.29, 1.82) is 0 Å². The molecule has 0 bridgehead atoms. The fourth-order valence-electron chi connectivity index (χ4n) is 4.09. The molecule has 5 rings (SSSR count). The van der Waals surface area contributed by atoms with Crippen molar-refractivity contribution in [1.82, 2.24) is 14.9 Å². The van der Waals surface area contributed by atoms with E-state index in [0.29, 0.717) is 30.4 Å². The zero-order valence-electron chi connectivity index (χ0n) is 17.2. The molecule has 0 radical (unpaired) electrons. The third-order valence-corrected chi connectivity index (χ3v) is 5.73. The van der Waals surface area contributed by atoms with Gasteiger partial charge in [0.15, 0.2) is 17.3 Å². The molecule has 8 nitrogen and oxygen atoms in total. The number of hydrogen-bond donors (Lipinski definition) is 1. The van der Waals surface area contributed by atoms with Crippen LogP contribution in [-0.2, 0) is 17.9 Å². The topological polar surface area (TPSA) is 85.7 Å². The third kappa shape index (κ3) is 3.93. The number of ether oxygens (including phenoxy) is 2. The lowest BCUT2D eigenvalue weighted by molar-refractivity contribution is -0.121. The average molecular weight is 420 g/mol. The van der Waals surface area contributed by atoms with Crippen molar-refractivity contribution in [3.63, 3.8) is 0 Å². The monoisotopic (exact) mass is 420 g/mol. The number of nitrogens with one attached hydrogen (secondary N) is 1. The molecule has 2 aliphatic heterocycles. The molecule has 1 amide bonds. The van der Waals surface area contributed by atoms with Gasteiger partial charge in [0.25, 0.3) is 5.56 Å². The fraction of sp³-hybridized carbons (Fsp3) is 0.348. The van der Waals surface area contributed by atoms with Crippen LogP contribution < -0.4 is 25.2 Å². The lowest BCUT2D eigenvalue weighted by Gasteiger charge is -2.19. The molecule has 3 heterocycles. The number of anilines is 1. The maximum atomic E-state index is 13.2. The first-order valence-electron chi connectivity index (χ1n) is 10.6. The standard InChI is InChI=1S/C23H24N4O4/c28-21(24-14-16-7-8-19-20(13-16)31-15-30-19)9-12-27-18-6-2-1-5-17(18)25-22(23(27)29)26-10-3-4-11-26/h1-2,5-8,13H,3-4,9-12,14-15H2,(H,24,28). The van der Waals surface area contributed by atoms with Gasteiger partial charge in [-0.15, -0.1) is 0 Å². The van der Waals surface area contributed by atoms with E-state index in [1.807, 2.05) is 47.4 Å². The van der Waals surface area contributed by atoms with Crippen molar-refractivity contribution in [3.8, 4) is 11.5 Å². The van der Waals surface area contributed by atoms with Crippen molar-refractivity contribution < 1.29 is 14.3 Å². The minimum atomic E-state index is -0.135. The Bertz CT molecular complexity index is 1180. The van der Waals surface area contributed by atoms with Gasteiger partial charge in [-0.25, -0.2) is 4.98 Å². The number of benzene rings is 2. The molecule has 31 heavy (non-hydrogen) atoms. The number of nitrogens with zero attached hydrogens (tertiary/aromatic N) is 3. The van der Waals surface area contributed by atoms with Crippen LogP contribution in [-0.4, -0.2) is 35.3 Å². The molecular formula is C23H24N4O4. The fourth-order valence-corrected chi connectivity index (χ4v) is 4.09. The first-order valence-corrected chi connectivity index (χ1v) is 10.6. The number of para-hydroxylation sites is 2. The summed E-state index contributed by atoms with van der Waals surface area (Å²) in [4.78, 5) is 32.3. The molecular weight excluding hydrogens is 396 g/mol. The summed E-state index contributed by atoms with van der Waals surface area (Å²) in [6, 6.07) is 13.2. The van der Waals surface area contributed by atoms with E-state index in [1.54, 1.807) is 4.57 Å². The van der Waals surface area contributed by atoms with Gasteiger partial charge in [-0.05, 0) is 42.7 Å². The van der Waals surface area contributed by atoms with Crippen LogP contribution in [0.2, 0.25) is 0 Å². The van der Waals surface area contributed by atoms with Gasteiger partial charge in [-0.3, -0.25) is 9.59 Å². The third-order valence-electron chi connectivity index (χ3n) is 5.73. The zero-order chi connectivity index (χ0) is 21.2. The Morgan fingerprint density at radius 2 is 1.87 bits per heavy atom. The molecule has 1 saturated heterocycles. The van der Waals surface area contributed by atoms with Crippen LogP contribution >= 0.6 is 0 Å². The van der Waals surface area contributed by atoms with Crippen molar-refractivity contribution >= 4 is 22.8 Å². The molecule has 0 atom stereocenters. The highest BCUT2D eigenvalue weighted by atomic mass is 16.7. The van der Waals surface area contributed by atoms with Gasteiger partial charge in [0.1, 0.15) is 0 Å². The molecule has 0 spiro atoms. The molecule has 2 aliphatic rings. The number of aryl methyl sites for hydroxylation is 1. The van der Waals surface area contributed by atoms with Crippen LogP contribution in [0.4, 0.5) is 5.82 Å². The Hall–Kier alpha value is -3.55. The van der Waals surface area contributed by atoms with Gasteiger partial charge in [-0.2, -0.15) is 0 Å². The summed E-state index contributed by atoms with van der Waals surface area (Å²) in [7, 11) is 0. The second kappa shape index (κ2) is 8.29. The van der Waals surface area contributed by atoms with Crippen LogP contribution in [0.15, 0.2) is 47.3 Å². The molecule has 1 N–H and O–H groups in total. The zero-order valence-corrected chi connectivity index (χ0v) is 17.2. The highest BCUT2D eigenvalue weighted by Crippen LogP contribution is 2.32. The summed E-state index contributed by atoms with van der Waals surface area (Å²) in [6.45, 7) is 2.60. The van der Waals surface area contributed by atoms with E-state index >= 15 is 0 Å². The van der Waals surface area contributed by atoms with E-state index in [9.17, 15) is 9.59 Å². The van der Waals surface area contributed by atoms with E-state index in [0.717, 1.165) is 42.5 Å². The number of fused-ring (bicyclic) bond motifs is 2. The summed E-state index contributed by atoms with van der Waals surface area (Å²) < 4.78 is 12.4. The van der Waals surface area contributed by atoms with E-state index in [-0.39, 0.29) is 24.7 Å². The minimum Gasteiger partial charge on any atom is -0.454 e. The Balaban J connectivity index is 1.30. The quantitative estimate of drug-likeness (QED) is 0.659. The lowest BCUT2D eigenvalue weighted by atomic mass is 10.2. The van der Waals surface area contributed by atoms with Gasteiger partial charge < -0.3 is 24.3 Å². The first-order chi connectivity index (χ1) is 15.2. The van der Waals surface area contributed by atoms with E-state index in [1.165, 1.54) is 0 Å². The number of aromatic nitrogens is 2. The summed E-state index contributed by atoms with van der Waals surface area (Å²) in [5, 5.41) is 2.92. The minimum absolute atomic E-state index is 0.117. The van der Waals surface area contributed by atoms with Gasteiger partial charge in [0, 0.05) is 32.6 Å². The summed E-state index contributed by atoms with van der Waals surface area (Å²) >= 11 is 0. The van der Waals surface area contributed by atoms with Crippen LogP contribution in [0, 0.1) is 0 Å². The van der Waals surface area contributed by atoms with Crippen LogP contribution in [0.3, 0.4) is 0 Å². The number of hydrogen-bond acceptors (Lipinski definition) is 6. The Kier molecular flexibility index (Phi) is 5.19. The van der Waals surface area contributed by atoms with Crippen LogP contribution in [0.25, 0.3) is 11.0 Å². The Morgan fingerprint density at radius 3 is 2.74 bits per heavy atom. The number of amides is 1. The largest absolute Gasteiger partial charge is 0.454 e. The molecule has 0 saturated carbocycles. The Labute approximate surface area is 179 Å². The second-order valence-corrected chi connectivity index (χ2v) is 7.79. The summed E-state index contributed by atoms with van der Waals surface area (Å²) in [5.41, 5.74) is 2.31. The smallest absolute Gasteiger partial charge is 0.294 e. The van der Waals surface area contributed by atoms with E-state index < -0.39 is 0 Å². The maximum Gasteiger partial charge on any atom is 0.294 e. The molecule has 3 aromatic rings. The van der Waals surface area contributed by atoms with Crippen LogP contribution in [0.5, 0.6) is 11.5 Å². The van der Waals surface area contributed by atoms with Gasteiger partial charge in [0.05, 0.1) is 11.0 Å². The van der Waals surface area contributed by atoms with Gasteiger partial charge in [-0.1, -0.05) is 18.2 Å². The predicted molar refractivity (Wildman–Crippen MR) is 116 cm³/mol. The van der Waals surface area contributed by atoms with Crippen LogP contribution in [0.1, 0.15) is 24.8 Å². The molecule has 1 fully saturated rings. The van der Waals surface area contributed by atoms with Crippen molar-refractivity contribution in [3.05, 3.63) is 58.4 Å². The van der Waals surface area contributed by atoms with Crippen molar-refractivity contribution in [2.24, 2.45) is 0 Å². The molecule has 2 aromatic carbocycles. The van der Waals surface area contributed by atoms with Gasteiger partial charge in [0.2, 0.25) is 12.7 Å². The number of rotatable bonds is 6. The first kappa shape index (κ1) is 19.4. The van der Waals surface area contributed by atoms with Crippen molar-refractivity contribution in [2.45, 2.75) is 32.4 Å². The van der Waals surface area contributed by atoms with Crippen molar-refractivity contribution in [2.75, 3.05) is 24.8 Å². The SMILES string of the molecule is O=C(CCn1c(=O)c(N2CCCC2)nc2ccccc21)NCc1ccc2c(c1)OCO2. The maximum absolute atomic E-state index is 13.2. The lowest BCUT2D eigenvalue weighted by Crippen LogP contribution is -2.33. The van der Waals surface area contributed by atoms with E-state index in [4.69, 9.17) is 9.47 Å². The Morgan fingerprint density at radius 1 is 1.06 bits per heavy atom. The number of carbonyl (C=O) groups excluding carboxylic acids is 1. The normalized spacial score (nSPS) is 14.9. The highest BCUT2D eigenvalue weighted by Gasteiger charge is 2.20. The summed E-state index contributed by atoms with van der Waals surface area (Å²) in [5.74, 6) is 1.77. The molecule has 8 heteroatoms. The number of carbonyl (C=O) groups is 1. The second-order valence-electron chi connectivity index (χ2n) is 7.79. The molecule has 160 valence electrons. The molecule has 0 aliphatic carbocycles. The van der Waals surface area contributed by atoms with Gasteiger partial charge >= 0.3 is 0 Å². The predicted octanol–water partition coefficient (Wildman–Crippen LogP) is 2.43. The molecule has 1 aromatic heterocycles. The molecule has 0 unspecified atom stereocenters. The van der Waals surface area contributed by atoms with E-state index in [2.05, 4.69) is 10.3 Å².